The monoisotopic (exact) mass is 390 g/mol. The van der Waals surface area contributed by atoms with Crippen molar-refractivity contribution in [1.29, 1.82) is 0 Å². The van der Waals surface area contributed by atoms with E-state index in [4.69, 9.17) is 23.7 Å². The molecule has 0 bridgehead atoms. The Balaban J connectivity index is 2.40. The fourth-order valence-corrected chi connectivity index (χ4v) is 2.52. The van der Waals surface area contributed by atoms with Gasteiger partial charge in [0.2, 0.25) is 12.5 Å². The van der Waals surface area contributed by atoms with Crippen LogP contribution in [0.15, 0.2) is 35.4 Å². The molecular weight excluding hydrogens is 364 g/mol. The first-order valence-corrected chi connectivity index (χ1v) is 8.97. The first-order valence-electron chi connectivity index (χ1n) is 8.97. The summed E-state index contributed by atoms with van der Waals surface area (Å²) in [6, 6.07) is 3.38. The molecule has 0 spiro atoms. The standard InChI is InChI=1S/C21H26O7/c1-7-12(3)20(22)27-14(5)18(28-21(23)13(4)8-2)15-9-16(24-6)19-17(10-15)25-11-26-19/h7-10,14,18H,11H2,1-6H3/b12-7-,13-8-/t14-,18+/m1/s1. The van der Waals surface area contributed by atoms with Crippen molar-refractivity contribution in [1.82, 2.24) is 0 Å². The summed E-state index contributed by atoms with van der Waals surface area (Å²) >= 11 is 0. The number of esters is 2. The Morgan fingerprint density at radius 1 is 1.04 bits per heavy atom. The van der Waals surface area contributed by atoms with Crippen molar-refractivity contribution in [3.05, 3.63) is 41.0 Å². The fourth-order valence-electron chi connectivity index (χ4n) is 2.52. The molecule has 0 saturated carbocycles. The minimum atomic E-state index is -0.862. The van der Waals surface area contributed by atoms with E-state index >= 15 is 0 Å². The topological polar surface area (TPSA) is 80.3 Å². The molecule has 0 unspecified atom stereocenters. The molecular formula is C21H26O7. The Morgan fingerprint density at radius 2 is 1.64 bits per heavy atom. The molecule has 7 nitrogen and oxygen atoms in total. The van der Waals surface area contributed by atoms with Gasteiger partial charge in [0, 0.05) is 16.7 Å². The van der Waals surface area contributed by atoms with Gasteiger partial charge in [0.05, 0.1) is 7.11 Å². The third kappa shape index (κ3) is 4.65. The maximum atomic E-state index is 12.4. The number of allylic oxidation sites excluding steroid dienone is 2. The first kappa shape index (κ1) is 21.3. The number of hydrogen-bond donors (Lipinski definition) is 0. The van der Waals surface area contributed by atoms with E-state index < -0.39 is 24.1 Å². The second-order valence-electron chi connectivity index (χ2n) is 6.34. The lowest BCUT2D eigenvalue weighted by Crippen LogP contribution is -2.27. The summed E-state index contributed by atoms with van der Waals surface area (Å²) in [5.74, 6) is 0.412. The Hall–Kier alpha value is -2.96. The quantitative estimate of drug-likeness (QED) is 0.516. The van der Waals surface area contributed by atoms with Gasteiger partial charge in [-0.2, -0.15) is 0 Å². The molecule has 0 aliphatic carbocycles. The van der Waals surface area contributed by atoms with Crippen LogP contribution in [0, 0.1) is 0 Å². The van der Waals surface area contributed by atoms with Crippen LogP contribution in [0.2, 0.25) is 0 Å². The lowest BCUT2D eigenvalue weighted by Gasteiger charge is -2.25. The summed E-state index contributed by atoms with van der Waals surface area (Å²) < 4.78 is 27.4. The lowest BCUT2D eigenvalue weighted by atomic mass is 10.0. The number of rotatable bonds is 7. The van der Waals surface area contributed by atoms with E-state index in [1.807, 2.05) is 0 Å². The van der Waals surface area contributed by atoms with Crippen molar-refractivity contribution in [3.8, 4) is 17.2 Å². The van der Waals surface area contributed by atoms with Gasteiger partial charge in [0.15, 0.2) is 17.6 Å². The predicted molar refractivity (Wildman–Crippen MR) is 102 cm³/mol. The normalized spacial score (nSPS) is 15.6. The number of carbonyl (C=O) groups excluding carboxylic acids is 2. The van der Waals surface area contributed by atoms with Gasteiger partial charge in [-0.3, -0.25) is 0 Å². The minimum absolute atomic E-state index is 0.0717. The number of hydrogen-bond acceptors (Lipinski definition) is 7. The molecule has 7 heteroatoms. The molecule has 0 aromatic heterocycles. The van der Waals surface area contributed by atoms with Crippen LogP contribution in [0.25, 0.3) is 0 Å². The summed E-state index contributed by atoms with van der Waals surface area (Å²) in [6.07, 6.45) is 1.70. The largest absolute Gasteiger partial charge is 0.493 e. The molecule has 1 aliphatic heterocycles. The van der Waals surface area contributed by atoms with Crippen LogP contribution >= 0.6 is 0 Å². The molecule has 1 aromatic carbocycles. The summed E-state index contributed by atoms with van der Waals surface area (Å²) in [6.45, 7) is 8.54. The third-order valence-electron chi connectivity index (χ3n) is 4.47. The van der Waals surface area contributed by atoms with E-state index in [0.717, 1.165) is 0 Å². The van der Waals surface area contributed by atoms with Crippen molar-refractivity contribution < 1.29 is 33.3 Å². The van der Waals surface area contributed by atoms with Gasteiger partial charge in [0.25, 0.3) is 0 Å². The van der Waals surface area contributed by atoms with Gasteiger partial charge >= 0.3 is 11.9 Å². The molecule has 0 radical (unpaired) electrons. The van der Waals surface area contributed by atoms with Gasteiger partial charge in [-0.25, -0.2) is 9.59 Å². The molecule has 1 heterocycles. The molecule has 0 N–H and O–H groups in total. The van der Waals surface area contributed by atoms with Gasteiger partial charge in [0.1, 0.15) is 6.10 Å². The summed E-state index contributed by atoms with van der Waals surface area (Å²) in [7, 11) is 1.50. The maximum absolute atomic E-state index is 12.4. The van der Waals surface area contributed by atoms with E-state index in [-0.39, 0.29) is 6.79 Å². The number of carbonyl (C=O) groups is 2. The molecule has 0 saturated heterocycles. The Morgan fingerprint density at radius 3 is 2.21 bits per heavy atom. The highest BCUT2D eigenvalue weighted by atomic mass is 16.7. The van der Waals surface area contributed by atoms with Crippen LogP contribution in [-0.2, 0) is 19.1 Å². The zero-order chi connectivity index (χ0) is 20.8. The second-order valence-corrected chi connectivity index (χ2v) is 6.34. The van der Waals surface area contributed by atoms with E-state index in [9.17, 15) is 9.59 Å². The average molecular weight is 390 g/mol. The molecule has 0 amide bonds. The van der Waals surface area contributed by atoms with E-state index in [1.165, 1.54) is 7.11 Å². The highest BCUT2D eigenvalue weighted by Gasteiger charge is 2.31. The van der Waals surface area contributed by atoms with Crippen LogP contribution in [-0.4, -0.2) is 31.9 Å². The number of fused-ring (bicyclic) bond motifs is 1. The molecule has 2 rings (SSSR count). The van der Waals surface area contributed by atoms with Crippen molar-refractivity contribution in [3.63, 3.8) is 0 Å². The molecule has 2 atom stereocenters. The predicted octanol–water partition coefficient (Wildman–Crippen LogP) is 3.87. The Kier molecular flexibility index (Phi) is 7.09. The minimum Gasteiger partial charge on any atom is -0.493 e. The van der Waals surface area contributed by atoms with Crippen LogP contribution in [0.1, 0.15) is 46.3 Å². The number of ether oxygens (including phenoxy) is 5. The highest BCUT2D eigenvalue weighted by molar-refractivity contribution is 5.88. The Labute approximate surface area is 164 Å². The zero-order valence-corrected chi connectivity index (χ0v) is 17.0. The molecule has 28 heavy (non-hydrogen) atoms. The average Bonchev–Trinajstić information content (AvgIpc) is 3.18. The van der Waals surface area contributed by atoms with E-state index in [1.54, 1.807) is 58.9 Å². The highest BCUT2D eigenvalue weighted by Crippen LogP contribution is 2.44. The first-order chi connectivity index (χ1) is 13.3. The van der Waals surface area contributed by atoms with Crippen LogP contribution in [0.3, 0.4) is 0 Å². The van der Waals surface area contributed by atoms with E-state index in [0.29, 0.717) is 34.0 Å². The van der Waals surface area contributed by atoms with Gasteiger partial charge in [-0.15, -0.1) is 0 Å². The molecule has 1 aliphatic rings. The zero-order valence-electron chi connectivity index (χ0n) is 17.0. The van der Waals surface area contributed by atoms with E-state index in [2.05, 4.69) is 0 Å². The maximum Gasteiger partial charge on any atom is 0.334 e. The van der Waals surface area contributed by atoms with Crippen molar-refractivity contribution in [2.75, 3.05) is 13.9 Å². The van der Waals surface area contributed by atoms with Crippen LogP contribution in [0.4, 0.5) is 0 Å². The van der Waals surface area contributed by atoms with Gasteiger partial charge in [-0.1, -0.05) is 12.2 Å². The van der Waals surface area contributed by atoms with Gasteiger partial charge < -0.3 is 23.7 Å². The van der Waals surface area contributed by atoms with Crippen LogP contribution in [0.5, 0.6) is 17.2 Å². The smallest absolute Gasteiger partial charge is 0.334 e. The number of benzene rings is 1. The fraction of sp³-hybridized carbons (Fsp3) is 0.429. The van der Waals surface area contributed by atoms with Gasteiger partial charge in [-0.05, 0) is 46.8 Å². The SMILES string of the molecule is C/C=C(/C)C(=O)O[C@H](c1cc(OC)c2c(c1)OCO2)[C@@H](C)OC(=O)/C(C)=C\C. The van der Waals surface area contributed by atoms with Crippen molar-refractivity contribution in [2.24, 2.45) is 0 Å². The van der Waals surface area contributed by atoms with Crippen molar-refractivity contribution >= 4 is 11.9 Å². The summed E-state index contributed by atoms with van der Waals surface area (Å²) in [4.78, 5) is 24.6. The molecule has 152 valence electrons. The summed E-state index contributed by atoms with van der Waals surface area (Å²) in [5, 5.41) is 0. The third-order valence-corrected chi connectivity index (χ3v) is 4.47. The number of methoxy groups -OCH3 is 1. The molecule has 1 aromatic rings. The lowest BCUT2D eigenvalue weighted by molar-refractivity contribution is -0.162. The second kappa shape index (κ2) is 9.30. The molecule has 0 fully saturated rings. The Bertz CT molecular complexity index is 807. The van der Waals surface area contributed by atoms with Crippen LogP contribution < -0.4 is 14.2 Å². The summed E-state index contributed by atoms with van der Waals surface area (Å²) in [5.41, 5.74) is 1.47. The van der Waals surface area contributed by atoms with Crippen molar-refractivity contribution in [2.45, 2.75) is 46.8 Å².